The Balaban J connectivity index is 1.99. The first kappa shape index (κ1) is 13.4. The summed E-state index contributed by atoms with van der Waals surface area (Å²) >= 11 is 6.21. The average Bonchev–Trinajstić information content (AvgIpc) is 2.81. The zero-order valence-corrected chi connectivity index (χ0v) is 11.9. The van der Waals surface area contributed by atoms with Gasteiger partial charge in [0.15, 0.2) is 0 Å². The first-order valence-electron chi connectivity index (χ1n) is 6.43. The lowest BCUT2D eigenvalue weighted by Gasteiger charge is -2.14. The maximum atomic E-state index is 12.2. The molecule has 1 amide bonds. The molecule has 2 atom stereocenters. The molecule has 0 bridgehead atoms. The number of carbonyl (C=O) groups is 1. The van der Waals surface area contributed by atoms with Crippen molar-refractivity contribution in [1.29, 1.82) is 0 Å². The third-order valence-electron chi connectivity index (χ3n) is 3.83. The Morgan fingerprint density at radius 2 is 2.22 bits per heavy atom. The van der Waals surface area contributed by atoms with Gasteiger partial charge in [0.25, 0.3) is 5.91 Å². The first-order valence-corrected chi connectivity index (χ1v) is 6.86. The Labute approximate surface area is 113 Å². The molecule has 0 aliphatic heterocycles. The lowest BCUT2D eigenvalue weighted by molar-refractivity contribution is 0.0946. The van der Waals surface area contributed by atoms with E-state index in [1.165, 1.54) is 6.42 Å². The highest BCUT2D eigenvalue weighted by atomic mass is 35.5. The number of amides is 1. The van der Waals surface area contributed by atoms with Crippen LogP contribution in [0.4, 0.5) is 0 Å². The molecule has 100 valence electrons. The van der Waals surface area contributed by atoms with Crippen molar-refractivity contribution >= 4 is 17.5 Å². The Morgan fingerprint density at radius 3 is 2.72 bits per heavy atom. The van der Waals surface area contributed by atoms with Gasteiger partial charge in [-0.2, -0.15) is 5.10 Å². The van der Waals surface area contributed by atoms with Crippen LogP contribution in [0, 0.1) is 19.8 Å². The Kier molecular flexibility index (Phi) is 3.95. The van der Waals surface area contributed by atoms with Gasteiger partial charge in [-0.25, -0.2) is 0 Å². The van der Waals surface area contributed by atoms with Crippen LogP contribution in [-0.2, 0) is 7.05 Å². The van der Waals surface area contributed by atoms with Gasteiger partial charge >= 0.3 is 0 Å². The molecule has 0 radical (unpaired) electrons. The second kappa shape index (κ2) is 5.31. The van der Waals surface area contributed by atoms with Gasteiger partial charge < -0.3 is 5.32 Å². The largest absolute Gasteiger partial charge is 0.352 e. The molecule has 18 heavy (non-hydrogen) atoms. The molecule has 5 heteroatoms. The van der Waals surface area contributed by atoms with Gasteiger partial charge in [-0.15, -0.1) is 11.6 Å². The molecule has 1 aliphatic carbocycles. The Hall–Kier alpha value is -1.03. The summed E-state index contributed by atoms with van der Waals surface area (Å²) in [5.74, 6) is 0.377. The molecule has 0 saturated heterocycles. The minimum Gasteiger partial charge on any atom is -0.352 e. The predicted molar refractivity (Wildman–Crippen MR) is 72.0 cm³/mol. The number of carbonyl (C=O) groups excluding carboxylic acids is 1. The van der Waals surface area contributed by atoms with Crippen LogP contribution in [-0.4, -0.2) is 27.6 Å². The number of nitrogens with one attached hydrogen (secondary N) is 1. The van der Waals surface area contributed by atoms with Gasteiger partial charge in [0, 0.05) is 24.7 Å². The molecule has 1 aliphatic rings. The molecule has 1 fully saturated rings. The summed E-state index contributed by atoms with van der Waals surface area (Å²) in [5, 5.41) is 7.46. The number of halogens is 1. The van der Waals surface area contributed by atoms with E-state index < -0.39 is 0 Å². The lowest BCUT2D eigenvalue weighted by Crippen LogP contribution is -2.31. The fourth-order valence-corrected chi connectivity index (χ4v) is 3.01. The Bertz CT molecular complexity index is 455. The van der Waals surface area contributed by atoms with Crippen molar-refractivity contribution in [2.24, 2.45) is 13.0 Å². The maximum Gasteiger partial charge on any atom is 0.255 e. The van der Waals surface area contributed by atoms with Crippen molar-refractivity contribution in [2.75, 3.05) is 6.54 Å². The topological polar surface area (TPSA) is 46.9 Å². The highest BCUT2D eigenvalue weighted by molar-refractivity contribution is 6.21. The van der Waals surface area contributed by atoms with E-state index in [2.05, 4.69) is 10.4 Å². The van der Waals surface area contributed by atoms with E-state index in [1.807, 2.05) is 20.9 Å². The average molecular weight is 270 g/mol. The molecule has 4 nitrogen and oxygen atoms in total. The van der Waals surface area contributed by atoms with Gasteiger partial charge in [-0.3, -0.25) is 9.48 Å². The second-order valence-electron chi connectivity index (χ2n) is 5.09. The van der Waals surface area contributed by atoms with Crippen LogP contribution in [0.1, 0.15) is 41.0 Å². The summed E-state index contributed by atoms with van der Waals surface area (Å²) < 4.78 is 1.74. The number of aryl methyl sites for hydroxylation is 2. The van der Waals surface area contributed by atoms with Gasteiger partial charge in [-0.1, -0.05) is 6.42 Å². The number of rotatable bonds is 3. The van der Waals surface area contributed by atoms with Gasteiger partial charge in [0.05, 0.1) is 11.3 Å². The number of aromatic nitrogens is 2. The summed E-state index contributed by atoms with van der Waals surface area (Å²) in [7, 11) is 1.85. The van der Waals surface area contributed by atoms with Crippen molar-refractivity contribution < 1.29 is 4.79 Å². The van der Waals surface area contributed by atoms with E-state index in [0.717, 1.165) is 24.2 Å². The fourth-order valence-electron chi connectivity index (χ4n) is 2.64. The summed E-state index contributed by atoms with van der Waals surface area (Å²) in [5.41, 5.74) is 2.38. The van der Waals surface area contributed by atoms with Gasteiger partial charge in [0.1, 0.15) is 0 Å². The predicted octanol–water partition coefficient (Wildman–Crippen LogP) is 2.17. The molecular formula is C13H20ClN3O. The fraction of sp³-hybridized carbons (Fsp3) is 0.692. The van der Waals surface area contributed by atoms with Crippen molar-refractivity contribution in [2.45, 2.75) is 38.5 Å². The monoisotopic (exact) mass is 269 g/mol. The molecule has 1 aromatic heterocycles. The standard InChI is InChI=1S/C13H20ClN3O/c1-8-12(9(2)17(3)16-8)13(18)15-7-10-5-4-6-11(10)14/h10-11H,4-7H2,1-3H3,(H,15,18). The van der Waals surface area contributed by atoms with Crippen LogP contribution < -0.4 is 5.32 Å². The third kappa shape index (κ3) is 2.53. The minimum atomic E-state index is -0.0335. The highest BCUT2D eigenvalue weighted by Gasteiger charge is 2.26. The smallest absolute Gasteiger partial charge is 0.255 e. The molecule has 2 rings (SSSR count). The van der Waals surface area contributed by atoms with Crippen molar-refractivity contribution in [3.05, 3.63) is 17.0 Å². The number of nitrogens with zero attached hydrogens (tertiary/aromatic N) is 2. The Morgan fingerprint density at radius 1 is 1.50 bits per heavy atom. The molecule has 1 aromatic rings. The zero-order chi connectivity index (χ0) is 13.3. The van der Waals surface area contributed by atoms with Crippen molar-refractivity contribution in [1.82, 2.24) is 15.1 Å². The quantitative estimate of drug-likeness (QED) is 0.855. The summed E-state index contributed by atoms with van der Waals surface area (Å²) in [6.07, 6.45) is 3.34. The van der Waals surface area contributed by atoms with Crippen LogP contribution in [0.15, 0.2) is 0 Å². The van der Waals surface area contributed by atoms with E-state index in [1.54, 1.807) is 4.68 Å². The van der Waals surface area contributed by atoms with E-state index >= 15 is 0 Å². The van der Waals surface area contributed by atoms with Gasteiger partial charge in [-0.05, 0) is 32.6 Å². The van der Waals surface area contributed by atoms with Crippen molar-refractivity contribution in [3.63, 3.8) is 0 Å². The van der Waals surface area contributed by atoms with Crippen LogP contribution in [0.5, 0.6) is 0 Å². The first-order chi connectivity index (χ1) is 8.50. The molecule has 2 unspecified atom stereocenters. The van der Waals surface area contributed by atoms with Crippen LogP contribution in [0.2, 0.25) is 0 Å². The van der Waals surface area contributed by atoms with Crippen LogP contribution >= 0.6 is 11.6 Å². The summed E-state index contributed by atoms with van der Waals surface area (Å²) in [4.78, 5) is 12.2. The van der Waals surface area contributed by atoms with Crippen LogP contribution in [0.3, 0.4) is 0 Å². The molecular weight excluding hydrogens is 250 g/mol. The number of hydrogen-bond donors (Lipinski definition) is 1. The summed E-state index contributed by atoms with van der Waals surface area (Å²) in [6, 6.07) is 0. The minimum absolute atomic E-state index is 0.0335. The van der Waals surface area contributed by atoms with E-state index in [-0.39, 0.29) is 11.3 Å². The lowest BCUT2D eigenvalue weighted by atomic mass is 10.1. The van der Waals surface area contributed by atoms with Crippen LogP contribution in [0.25, 0.3) is 0 Å². The van der Waals surface area contributed by atoms with E-state index in [4.69, 9.17) is 11.6 Å². The molecule has 1 N–H and O–H groups in total. The highest BCUT2D eigenvalue weighted by Crippen LogP contribution is 2.29. The number of hydrogen-bond acceptors (Lipinski definition) is 2. The van der Waals surface area contributed by atoms with E-state index in [9.17, 15) is 4.79 Å². The zero-order valence-electron chi connectivity index (χ0n) is 11.2. The molecule has 1 saturated carbocycles. The normalized spacial score (nSPS) is 23.3. The molecule has 0 aromatic carbocycles. The van der Waals surface area contributed by atoms with E-state index in [0.29, 0.717) is 18.0 Å². The van der Waals surface area contributed by atoms with Gasteiger partial charge in [0.2, 0.25) is 0 Å². The number of alkyl halides is 1. The third-order valence-corrected chi connectivity index (χ3v) is 4.40. The SMILES string of the molecule is Cc1nn(C)c(C)c1C(=O)NCC1CCCC1Cl. The second-order valence-corrected chi connectivity index (χ2v) is 5.65. The molecule has 1 heterocycles. The summed E-state index contributed by atoms with van der Waals surface area (Å²) in [6.45, 7) is 4.44. The molecule has 0 spiro atoms. The van der Waals surface area contributed by atoms with Crippen molar-refractivity contribution in [3.8, 4) is 0 Å². The maximum absolute atomic E-state index is 12.2.